The molecule has 128 valence electrons. The van der Waals surface area contributed by atoms with E-state index in [0.717, 1.165) is 25.8 Å². The van der Waals surface area contributed by atoms with Crippen molar-refractivity contribution in [2.45, 2.75) is 59.8 Å². The highest BCUT2D eigenvalue weighted by atomic mass is 14.5. The second-order valence-corrected chi connectivity index (χ2v) is 5.39. The molecular formula is C22H35N. The molecule has 23 heavy (non-hydrogen) atoms. The summed E-state index contributed by atoms with van der Waals surface area (Å²) >= 11 is 0. The summed E-state index contributed by atoms with van der Waals surface area (Å²) in [5.74, 6) is 0. The second kappa shape index (κ2) is 14.0. The Bertz CT molecular complexity index is 480. The highest BCUT2D eigenvalue weighted by Gasteiger charge is 2.02. The van der Waals surface area contributed by atoms with Gasteiger partial charge in [0.1, 0.15) is 0 Å². The predicted molar refractivity (Wildman–Crippen MR) is 106 cm³/mol. The highest BCUT2D eigenvalue weighted by Crippen LogP contribution is 2.23. The number of benzene rings is 1. The van der Waals surface area contributed by atoms with E-state index in [1.807, 2.05) is 19.9 Å². The Morgan fingerprint density at radius 1 is 1.09 bits per heavy atom. The molecule has 0 heterocycles. The van der Waals surface area contributed by atoms with Gasteiger partial charge in [-0.15, -0.1) is 0 Å². The van der Waals surface area contributed by atoms with Crippen LogP contribution in [-0.2, 0) is 0 Å². The number of hydrogen-bond donors (Lipinski definition) is 1. The van der Waals surface area contributed by atoms with Gasteiger partial charge in [0, 0.05) is 0 Å². The SMILES string of the molecule is C=C/C(=C\C(CC)=C(/C)c1ccccc1)CCCCCN.CC. The van der Waals surface area contributed by atoms with Crippen molar-refractivity contribution in [3.63, 3.8) is 0 Å². The van der Waals surface area contributed by atoms with Crippen LogP contribution in [0.1, 0.15) is 65.4 Å². The Balaban J connectivity index is 0.00000232. The van der Waals surface area contributed by atoms with Gasteiger partial charge in [0.05, 0.1) is 0 Å². The summed E-state index contributed by atoms with van der Waals surface area (Å²) in [5.41, 5.74) is 10.9. The first-order valence-electron chi connectivity index (χ1n) is 9.01. The Morgan fingerprint density at radius 3 is 2.26 bits per heavy atom. The van der Waals surface area contributed by atoms with Gasteiger partial charge in [0.25, 0.3) is 0 Å². The minimum Gasteiger partial charge on any atom is -0.330 e. The molecule has 0 aliphatic rings. The maximum Gasteiger partial charge on any atom is -0.00773 e. The van der Waals surface area contributed by atoms with Crippen molar-refractivity contribution in [1.82, 2.24) is 0 Å². The third kappa shape index (κ3) is 8.56. The quantitative estimate of drug-likeness (QED) is 0.407. The normalized spacial score (nSPS) is 12.1. The van der Waals surface area contributed by atoms with Crippen LogP contribution in [0.5, 0.6) is 0 Å². The number of hydrogen-bond acceptors (Lipinski definition) is 1. The molecule has 1 aromatic rings. The van der Waals surface area contributed by atoms with Crippen molar-refractivity contribution in [2.24, 2.45) is 5.73 Å². The average Bonchev–Trinajstić information content (AvgIpc) is 2.63. The van der Waals surface area contributed by atoms with Gasteiger partial charge >= 0.3 is 0 Å². The summed E-state index contributed by atoms with van der Waals surface area (Å²) in [5, 5.41) is 0. The summed E-state index contributed by atoms with van der Waals surface area (Å²) < 4.78 is 0. The molecule has 1 nitrogen and oxygen atoms in total. The van der Waals surface area contributed by atoms with Gasteiger partial charge in [-0.05, 0) is 61.4 Å². The minimum atomic E-state index is 0.792. The number of nitrogens with two attached hydrogens (primary N) is 1. The van der Waals surface area contributed by atoms with Gasteiger partial charge < -0.3 is 5.73 Å². The molecule has 0 saturated heterocycles. The van der Waals surface area contributed by atoms with Crippen LogP contribution in [-0.4, -0.2) is 6.54 Å². The van der Waals surface area contributed by atoms with Crippen molar-refractivity contribution in [1.29, 1.82) is 0 Å². The van der Waals surface area contributed by atoms with Gasteiger partial charge in [-0.1, -0.05) is 76.3 Å². The van der Waals surface area contributed by atoms with Crippen molar-refractivity contribution in [3.8, 4) is 0 Å². The second-order valence-electron chi connectivity index (χ2n) is 5.39. The molecular weight excluding hydrogens is 278 g/mol. The predicted octanol–water partition coefficient (Wildman–Crippen LogP) is 6.53. The maximum atomic E-state index is 5.54. The lowest BCUT2D eigenvalue weighted by Crippen LogP contribution is -1.97. The Hall–Kier alpha value is -1.60. The molecule has 0 amide bonds. The third-order valence-electron chi connectivity index (χ3n) is 3.86. The van der Waals surface area contributed by atoms with Crippen LogP contribution in [0.25, 0.3) is 5.57 Å². The van der Waals surface area contributed by atoms with Crippen LogP contribution >= 0.6 is 0 Å². The molecule has 0 saturated carbocycles. The highest BCUT2D eigenvalue weighted by molar-refractivity contribution is 5.69. The molecule has 1 aromatic carbocycles. The van der Waals surface area contributed by atoms with E-state index in [2.05, 4.69) is 56.8 Å². The van der Waals surface area contributed by atoms with Crippen molar-refractivity contribution < 1.29 is 0 Å². The molecule has 0 unspecified atom stereocenters. The van der Waals surface area contributed by atoms with E-state index in [1.165, 1.54) is 35.1 Å². The monoisotopic (exact) mass is 313 g/mol. The van der Waals surface area contributed by atoms with Crippen LogP contribution in [0.2, 0.25) is 0 Å². The van der Waals surface area contributed by atoms with Gasteiger partial charge in [-0.2, -0.15) is 0 Å². The molecule has 0 fully saturated rings. The van der Waals surface area contributed by atoms with Gasteiger partial charge in [0.2, 0.25) is 0 Å². The first-order chi connectivity index (χ1) is 11.2. The maximum absolute atomic E-state index is 5.54. The molecule has 1 rings (SSSR count). The van der Waals surface area contributed by atoms with Crippen molar-refractivity contribution in [3.05, 3.63) is 65.8 Å². The third-order valence-corrected chi connectivity index (χ3v) is 3.86. The van der Waals surface area contributed by atoms with Crippen molar-refractivity contribution >= 4 is 5.57 Å². The van der Waals surface area contributed by atoms with Gasteiger partial charge in [-0.3, -0.25) is 0 Å². The first-order valence-corrected chi connectivity index (χ1v) is 9.01. The van der Waals surface area contributed by atoms with E-state index >= 15 is 0 Å². The molecule has 0 aliphatic heterocycles. The van der Waals surface area contributed by atoms with Gasteiger partial charge in [-0.25, -0.2) is 0 Å². The standard InChI is InChI=1S/C20H29N.C2H6/c1-4-18(12-8-7-11-15-21)16-19(5-2)17(3)20-13-9-6-10-14-20;1-2/h4,6,9-10,13-14,16H,1,5,7-8,11-12,15,21H2,2-3H3;1-2H3/b18-16+,19-17+;. The fraction of sp³-hybridized carbons (Fsp3) is 0.455. The van der Waals surface area contributed by atoms with Crippen LogP contribution in [0, 0.1) is 0 Å². The zero-order valence-corrected chi connectivity index (χ0v) is 15.6. The number of rotatable bonds is 9. The van der Waals surface area contributed by atoms with Crippen LogP contribution < -0.4 is 5.73 Å². The topological polar surface area (TPSA) is 26.0 Å². The number of unbranched alkanes of at least 4 members (excludes halogenated alkanes) is 2. The molecule has 0 atom stereocenters. The van der Waals surface area contributed by atoms with E-state index in [0.29, 0.717) is 0 Å². The van der Waals surface area contributed by atoms with Crippen LogP contribution in [0.4, 0.5) is 0 Å². The number of allylic oxidation sites excluding steroid dienone is 5. The fourth-order valence-corrected chi connectivity index (χ4v) is 2.46. The summed E-state index contributed by atoms with van der Waals surface area (Å²) in [7, 11) is 0. The summed E-state index contributed by atoms with van der Waals surface area (Å²) in [6, 6.07) is 10.6. The zero-order valence-electron chi connectivity index (χ0n) is 15.6. The summed E-state index contributed by atoms with van der Waals surface area (Å²) in [6.07, 6.45) is 9.95. The largest absolute Gasteiger partial charge is 0.330 e. The Morgan fingerprint density at radius 2 is 1.74 bits per heavy atom. The Kier molecular flexibility index (Phi) is 13.0. The molecule has 0 aromatic heterocycles. The molecule has 0 spiro atoms. The van der Waals surface area contributed by atoms with Crippen molar-refractivity contribution in [2.75, 3.05) is 6.54 Å². The summed E-state index contributed by atoms with van der Waals surface area (Å²) in [4.78, 5) is 0. The van der Waals surface area contributed by atoms with E-state index in [1.54, 1.807) is 0 Å². The lowest BCUT2D eigenvalue weighted by Gasteiger charge is -2.09. The molecule has 0 radical (unpaired) electrons. The Labute approximate surface area is 144 Å². The lowest BCUT2D eigenvalue weighted by molar-refractivity contribution is 0.688. The molecule has 0 bridgehead atoms. The van der Waals surface area contributed by atoms with E-state index in [9.17, 15) is 0 Å². The first kappa shape index (κ1) is 21.4. The van der Waals surface area contributed by atoms with Gasteiger partial charge in [0.15, 0.2) is 0 Å². The fourth-order valence-electron chi connectivity index (χ4n) is 2.46. The van der Waals surface area contributed by atoms with Crippen LogP contribution in [0.3, 0.4) is 0 Å². The lowest BCUT2D eigenvalue weighted by atomic mass is 9.96. The van der Waals surface area contributed by atoms with Crippen LogP contribution in [0.15, 0.2) is 60.2 Å². The molecule has 0 aliphatic carbocycles. The minimum absolute atomic E-state index is 0.792. The molecule has 1 heteroatoms. The average molecular weight is 314 g/mol. The molecule has 2 N–H and O–H groups in total. The van der Waals surface area contributed by atoms with E-state index in [-0.39, 0.29) is 0 Å². The zero-order chi connectivity index (χ0) is 17.5. The summed E-state index contributed by atoms with van der Waals surface area (Å²) in [6.45, 7) is 13.2. The van der Waals surface area contributed by atoms with E-state index < -0.39 is 0 Å². The van der Waals surface area contributed by atoms with E-state index in [4.69, 9.17) is 5.73 Å². The smallest absolute Gasteiger partial charge is 0.00773 e.